The predicted octanol–water partition coefficient (Wildman–Crippen LogP) is 2.79. The Hall–Kier alpha value is -1.52. The van der Waals surface area contributed by atoms with E-state index in [4.69, 9.17) is 15.2 Å². The van der Waals surface area contributed by atoms with E-state index in [-0.39, 0.29) is 0 Å². The van der Waals surface area contributed by atoms with Gasteiger partial charge >= 0.3 is 0 Å². The molecule has 0 spiro atoms. The Morgan fingerprint density at radius 3 is 2.71 bits per heavy atom. The molecule has 17 heavy (non-hydrogen) atoms. The first-order chi connectivity index (χ1) is 8.33. The Kier molecular flexibility index (Phi) is 4.01. The summed E-state index contributed by atoms with van der Waals surface area (Å²) < 4.78 is 11.0. The van der Waals surface area contributed by atoms with Crippen molar-refractivity contribution in [3.8, 4) is 11.5 Å². The third kappa shape index (κ3) is 2.99. The summed E-state index contributed by atoms with van der Waals surface area (Å²) >= 11 is 1.66. The van der Waals surface area contributed by atoms with Crippen LogP contribution in [0.15, 0.2) is 35.0 Å². The van der Waals surface area contributed by atoms with Gasteiger partial charge in [-0.25, -0.2) is 0 Å². The lowest BCUT2D eigenvalue weighted by Gasteiger charge is -2.11. The van der Waals surface area contributed by atoms with Crippen molar-refractivity contribution in [3.05, 3.63) is 46.2 Å². The van der Waals surface area contributed by atoms with Crippen LogP contribution in [0.5, 0.6) is 11.5 Å². The zero-order valence-corrected chi connectivity index (χ0v) is 10.5. The second-order valence-electron chi connectivity index (χ2n) is 3.61. The highest BCUT2D eigenvalue weighted by atomic mass is 32.1. The van der Waals surface area contributed by atoms with Crippen LogP contribution in [0.2, 0.25) is 0 Å². The van der Waals surface area contributed by atoms with E-state index >= 15 is 0 Å². The second-order valence-corrected chi connectivity index (χ2v) is 4.39. The Bertz CT molecular complexity index is 468. The molecule has 90 valence electrons. The van der Waals surface area contributed by atoms with Crippen molar-refractivity contribution in [1.82, 2.24) is 0 Å². The Morgan fingerprint density at radius 2 is 2.06 bits per heavy atom. The lowest BCUT2D eigenvalue weighted by molar-refractivity contribution is 0.284. The Morgan fingerprint density at radius 1 is 1.18 bits per heavy atom. The summed E-state index contributed by atoms with van der Waals surface area (Å²) in [7, 11) is 1.63. The molecule has 2 aromatic rings. The summed E-state index contributed by atoms with van der Waals surface area (Å²) in [5, 5.41) is 4.11. The molecule has 0 atom stereocenters. The minimum atomic E-state index is 0.501. The fourth-order valence-corrected chi connectivity index (χ4v) is 2.15. The van der Waals surface area contributed by atoms with Gasteiger partial charge in [-0.1, -0.05) is 6.07 Å². The van der Waals surface area contributed by atoms with Gasteiger partial charge in [0.1, 0.15) is 6.61 Å². The number of nitrogens with two attached hydrogens (primary N) is 1. The topological polar surface area (TPSA) is 44.5 Å². The number of rotatable bonds is 5. The summed E-state index contributed by atoms with van der Waals surface area (Å²) in [6.45, 7) is 1.06. The molecule has 0 saturated carbocycles. The molecule has 0 bridgehead atoms. The zero-order chi connectivity index (χ0) is 12.1. The van der Waals surface area contributed by atoms with Crippen LogP contribution >= 0.6 is 11.3 Å². The molecule has 1 aromatic heterocycles. The van der Waals surface area contributed by atoms with Gasteiger partial charge in [-0.3, -0.25) is 0 Å². The lowest BCUT2D eigenvalue weighted by Crippen LogP contribution is -2.00. The first kappa shape index (κ1) is 12.0. The minimum Gasteiger partial charge on any atom is -0.493 e. The molecule has 0 amide bonds. The van der Waals surface area contributed by atoms with Crippen molar-refractivity contribution in [1.29, 1.82) is 0 Å². The van der Waals surface area contributed by atoms with Crippen LogP contribution in [-0.2, 0) is 13.2 Å². The largest absolute Gasteiger partial charge is 0.493 e. The van der Waals surface area contributed by atoms with Crippen LogP contribution in [0.3, 0.4) is 0 Å². The summed E-state index contributed by atoms with van der Waals surface area (Å²) in [4.78, 5) is 0. The lowest BCUT2D eigenvalue weighted by atomic mass is 10.2. The third-order valence-corrected chi connectivity index (χ3v) is 3.17. The van der Waals surface area contributed by atoms with E-state index in [1.165, 1.54) is 5.56 Å². The highest BCUT2D eigenvalue weighted by molar-refractivity contribution is 7.07. The molecular weight excluding hydrogens is 234 g/mol. The third-order valence-electron chi connectivity index (χ3n) is 2.44. The number of thiophene rings is 1. The van der Waals surface area contributed by atoms with Gasteiger partial charge in [-0.15, -0.1) is 0 Å². The number of hydrogen-bond donors (Lipinski definition) is 1. The number of benzene rings is 1. The Labute approximate surface area is 105 Å². The quantitative estimate of drug-likeness (QED) is 0.886. The number of ether oxygens (including phenoxy) is 2. The maximum absolute atomic E-state index is 5.71. The van der Waals surface area contributed by atoms with Gasteiger partial charge in [-0.2, -0.15) is 11.3 Å². The molecule has 0 saturated heterocycles. The molecule has 1 heterocycles. The maximum Gasteiger partial charge on any atom is 0.161 e. The fourth-order valence-electron chi connectivity index (χ4n) is 1.49. The molecule has 3 nitrogen and oxygen atoms in total. The van der Waals surface area contributed by atoms with Gasteiger partial charge in [0, 0.05) is 6.54 Å². The molecule has 0 aliphatic carbocycles. The molecular formula is C13H15NO2S. The average Bonchev–Trinajstić information content (AvgIpc) is 2.89. The van der Waals surface area contributed by atoms with Gasteiger partial charge in [0.15, 0.2) is 11.5 Å². The van der Waals surface area contributed by atoms with Gasteiger partial charge in [0.25, 0.3) is 0 Å². The van der Waals surface area contributed by atoms with Crippen LogP contribution in [0.1, 0.15) is 11.1 Å². The molecule has 2 N–H and O–H groups in total. The van der Waals surface area contributed by atoms with Crippen LogP contribution in [-0.4, -0.2) is 7.11 Å². The summed E-state index contributed by atoms with van der Waals surface area (Å²) in [6.07, 6.45) is 0. The number of hydrogen-bond acceptors (Lipinski definition) is 4. The first-order valence-electron chi connectivity index (χ1n) is 5.34. The molecule has 4 heteroatoms. The Balaban J connectivity index is 2.09. The summed E-state index contributed by atoms with van der Waals surface area (Å²) in [6, 6.07) is 7.80. The van der Waals surface area contributed by atoms with Crippen molar-refractivity contribution in [2.45, 2.75) is 13.2 Å². The van der Waals surface area contributed by atoms with E-state index in [9.17, 15) is 0 Å². The van der Waals surface area contributed by atoms with Gasteiger partial charge in [0.2, 0.25) is 0 Å². The van der Waals surface area contributed by atoms with E-state index in [0.717, 1.165) is 17.1 Å². The van der Waals surface area contributed by atoms with Crippen molar-refractivity contribution in [3.63, 3.8) is 0 Å². The second kappa shape index (κ2) is 5.70. The highest BCUT2D eigenvalue weighted by Gasteiger charge is 2.05. The molecule has 1 aromatic carbocycles. The average molecular weight is 249 g/mol. The first-order valence-corrected chi connectivity index (χ1v) is 6.28. The molecule has 0 unspecified atom stereocenters. The fraction of sp³-hybridized carbons (Fsp3) is 0.231. The van der Waals surface area contributed by atoms with Crippen LogP contribution < -0.4 is 15.2 Å². The predicted molar refractivity (Wildman–Crippen MR) is 69.5 cm³/mol. The highest BCUT2D eigenvalue weighted by Crippen LogP contribution is 2.28. The standard InChI is InChI=1S/C13H15NO2S/c1-15-13-6-10(7-14)2-3-12(13)16-8-11-4-5-17-9-11/h2-6,9H,7-8,14H2,1H3. The van der Waals surface area contributed by atoms with E-state index in [0.29, 0.717) is 13.2 Å². The SMILES string of the molecule is COc1cc(CN)ccc1OCc1ccsc1. The smallest absolute Gasteiger partial charge is 0.161 e. The monoisotopic (exact) mass is 249 g/mol. The van der Waals surface area contributed by atoms with E-state index in [1.807, 2.05) is 29.6 Å². The van der Waals surface area contributed by atoms with Crippen LogP contribution in [0.25, 0.3) is 0 Å². The molecule has 0 aliphatic rings. The normalized spacial score (nSPS) is 10.2. The van der Waals surface area contributed by atoms with E-state index in [2.05, 4.69) is 5.38 Å². The van der Waals surface area contributed by atoms with Crippen molar-refractivity contribution in [2.24, 2.45) is 5.73 Å². The molecule has 0 aliphatic heterocycles. The van der Waals surface area contributed by atoms with E-state index in [1.54, 1.807) is 18.4 Å². The van der Waals surface area contributed by atoms with Crippen LogP contribution in [0, 0.1) is 0 Å². The number of methoxy groups -OCH3 is 1. The molecule has 0 fully saturated rings. The minimum absolute atomic E-state index is 0.501. The molecule has 2 rings (SSSR count). The van der Waals surface area contributed by atoms with E-state index < -0.39 is 0 Å². The van der Waals surface area contributed by atoms with Gasteiger partial charge < -0.3 is 15.2 Å². The van der Waals surface area contributed by atoms with Gasteiger partial charge in [0.05, 0.1) is 7.11 Å². The van der Waals surface area contributed by atoms with Crippen molar-refractivity contribution < 1.29 is 9.47 Å². The van der Waals surface area contributed by atoms with Gasteiger partial charge in [-0.05, 0) is 40.1 Å². The molecule has 0 radical (unpaired) electrons. The maximum atomic E-state index is 5.71. The zero-order valence-electron chi connectivity index (χ0n) is 9.68. The summed E-state index contributed by atoms with van der Waals surface area (Å²) in [5.74, 6) is 1.47. The van der Waals surface area contributed by atoms with Crippen molar-refractivity contribution >= 4 is 11.3 Å². The van der Waals surface area contributed by atoms with Crippen molar-refractivity contribution in [2.75, 3.05) is 7.11 Å². The van der Waals surface area contributed by atoms with Crippen LogP contribution in [0.4, 0.5) is 0 Å². The summed E-state index contributed by atoms with van der Waals surface area (Å²) in [5.41, 5.74) is 7.78.